The van der Waals surface area contributed by atoms with Crippen LogP contribution in [-0.2, 0) is 11.0 Å². The molecule has 0 heterocycles. The van der Waals surface area contributed by atoms with Gasteiger partial charge in [0.05, 0.1) is 11.3 Å². The second-order valence-corrected chi connectivity index (χ2v) is 3.66. The Labute approximate surface area is 100 Å². The highest BCUT2D eigenvalue weighted by molar-refractivity contribution is 7.80. The monoisotopic (exact) mass is 267 g/mol. The predicted octanol–water partition coefficient (Wildman–Crippen LogP) is 3.10. The van der Waals surface area contributed by atoms with E-state index in [2.05, 4.69) is 17.9 Å². The standard InChI is InChI=1S/C10H9F4NOS/c11-7-2-1-6(10(12,13)14)5-8(7)15-9(16)3-4-17/h1-2,5,17H,3-4H2,(H,15,16). The lowest BCUT2D eigenvalue weighted by atomic mass is 10.2. The minimum Gasteiger partial charge on any atom is -0.324 e. The largest absolute Gasteiger partial charge is 0.416 e. The first-order valence-corrected chi connectivity index (χ1v) is 5.25. The molecule has 0 atom stereocenters. The highest BCUT2D eigenvalue weighted by Crippen LogP contribution is 2.31. The fourth-order valence-corrected chi connectivity index (χ4v) is 1.31. The van der Waals surface area contributed by atoms with Gasteiger partial charge >= 0.3 is 6.18 Å². The van der Waals surface area contributed by atoms with E-state index in [0.717, 1.165) is 0 Å². The van der Waals surface area contributed by atoms with Crippen molar-refractivity contribution in [1.82, 2.24) is 0 Å². The molecule has 0 fully saturated rings. The van der Waals surface area contributed by atoms with Gasteiger partial charge in [0.25, 0.3) is 0 Å². The molecule has 7 heteroatoms. The lowest BCUT2D eigenvalue weighted by molar-refractivity contribution is -0.137. The Morgan fingerprint density at radius 2 is 2.00 bits per heavy atom. The van der Waals surface area contributed by atoms with E-state index in [1.54, 1.807) is 0 Å². The SMILES string of the molecule is O=C(CCS)Nc1cc(C(F)(F)F)ccc1F. The van der Waals surface area contributed by atoms with Crippen LogP contribution in [0.1, 0.15) is 12.0 Å². The summed E-state index contributed by atoms with van der Waals surface area (Å²) in [6.07, 6.45) is -4.57. The normalized spacial score (nSPS) is 11.4. The number of carbonyl (C=O) groups excluding carboxylic acids is 1. The molecule has 1 amide bonds. The Morgan fingerprint density at radius 1 is 1.35 bits per heavy atom. The molecular weight excluding hydrogens is 258 g/mol. The van der Waals surface area contributed by atoms with Gasteiger partial charge in [-0.1, -0.05) is 0 Å². The van der Waals surface area contributed by atoms with Gasteiger partial charge in [0.1, 0.15) is 5.82 Å². The summed E-state index contributed by atoms with van der Waals surface area (Å²) in [7, 11) is 0. The third kappa shape index (κ3) is 3.92. The van der Waals surface area contributed by atoms with Crippen LogP contribution in [0, 0.1) is 5.82 Å². The summed E-state index contributed by atoms with van der Waals surface area (Å²) in [5.74, 6) is -1.27. The molecule has 0 aliphatic heterocycles. The van der Waals surface area contributed by atoms with Gasteiger partial charge in [-0.05, 0) is 24.0 Å². The zero-order valence-corrected chi connectivity index (χ0v) is 9.41. The zero-order valence-electron chi connectivity index (χ0n) is 8.51. The highest BCUT2D eigenvalue weighted by Gasteiger charge is 2.31. The Balaban J connectivity index is 2.95. The molecule has 94 valence electrons. The first kappa shape index (κ1) is 13.8. The van der Waals surface area contributed by atoms with E-state index >= 15 is 0 Å². The fourth-order valence-electron chi connectivity index (χ4n) is 1.11. The van der Waals surface area contributed by atoms with Crippen LogP contribution in [0.3, 0.4) is 0 Å². The van der Waals surface area contributed by atoms with Crippen LogP contribution >= 0.6 is 12.6 Å². The van der Waals surface area contributed by atoms with Crippen molar-refractivity contribution < 1.29 is 22.4 Å². The van der Waals surface area contributed by atoms with Crippen LogP contribution in [0.2, 0.25) is 0 Å². The lowest BCUT2D eigenvalue weighted by Gasteiger charge is -2.10. The van der Waals surface area contributed by atoms with Crippen LogP contribution in [0.15, 0.2) is 18.2 Å². The number of benzene rings is 1. The minimum atomic E-state index is -4.57. The van der Waals surface area contributed by atoms with Crippen LogP contribution in [-0.4, -0.2) is 11.7 Å². The number of anilines is 1. The first-order valence-electron chi connectivity index (χ1n) is 4.62. The predicted molar refractivity (Wildman–Crippen MR) is 58.5 cm³/mol. The molecular formula is C10H9F4NOS. The van der Waals surface area contributed by atoms with E-state index in [1.807, 2.05) is 0 Å². The fraction of sp³-hybridized carbons (Fsp3) is 0.300. The molecule has 1 aromatic carbocycles. The molecule has 0 aliphatic carbocycles. The van der Waals surface area contributed by atoms with E-state index in [4.69, 9.17) is 0 Å². The number of halogens is 4. The molecule has 0 bridgehead atoms. The maximum Gasteiger partial charge on any atom is 0.416 e. The van der Waals surface area contributed by atoms with Crippen molar-refractivity contribution in [3.63, 3.8) is 0 Å². The van der Waals surface area contributed by atoms with Gasteiger partial charge in [0.2, 0.25) is 5.91 Å². The van der Waals surface area contributed by atoms with Gasteiger partial charge in [0, 0.05) is 6.42 Å². The molecule has 2 nitrogen and oxygen atoms in total. The van der Waals surface area contributed by atoms with E-state index in [-0.39, 0.29) is 12.2 Å². The lowest BCUT2D eigenvalue weighted by Crippen LogP contribution is -2.14. The van der Waals surface area contributed by atoms with Crippen LogP contribution in [0.25, 0.3) is 0 Å². The summed E-state index contributed by atoms with van der Waals surface area (Å²) in [5, 5.41) is 2.06. The number of carbonyl (C=O) groups is 1. The van der Waals surface area contributed by atoms with Crippen molar-refractivity contribution in [3.8, 4) is 0 Å². The van der Waals surface area contributed by atoms with Gasteiger partial charge in [-0.2, -0.15) is 25.8 Å². The molecule has 0 radical (unpaired) electrons. The zero-order chi connectivity index (χ0) is 13.1. The third-order valence-electron chi connectivity index (χ3n) is 1.91. The number of nitrogens with one attached hydrogen (secondary N) is 1. The number of hydrogen-bond donors (Lipinski definition) is 2. The smallest absolute Gasteiger partial charge is 0.324 e. The van der Waals surface area contributed by atoms with Gasteiger partial charge < -0.3 is 5.32 Å². The number of alkyl halides is 3. The Morgan fingerprint density at radius 3 is 2.53 bits per heavy atom. The summed E-state index contributed by atoms with van der Waals surface area (Å²) in [5.41, 5.74) is -1.49. The molecule has 1 aromatic rings. The molecule has 1 rings (SSSR count). The highest BCUT2D eigenvalue weighted by atomic mass is 32.1. The van der Waals surface area contributed by atoms with E-state index in [1.165, 1.54) is 0 Å². The van der Waals surface area contributed by atoms with E-state index in [9.17, 15) is 22.4 Å². The molecule has 0 unspecified atom stereocenters. The van der Waals surface area contributed by atoms with Crippen LogP contribution < -0.4 is 5.32 Å². The van der Waals surface area contributed by atoms with Gasteiger partial charge in [-0.15, -0.1) is 0 Å². The molecule has 17 heavy (non-hydrogen) atoms. The molecule has 0 aromatic heterocycles. The Kier molecular flexibility index (Phi) is 4.39. The first-order chi connectivity index (χ1) is 7.84. The average molecular weight is 267 g/mol. The van der Waals surface area contributed by atoms with Crippen molar-refractivity contribution in [1.29, 1.82) is 0 Å². The van der Waals surface area contributed by atoms with Crippen LogP contribution in [0.4, 0.5) is 23.2 Å². The second-order valence-electron chi connectivity index (χ2n) is 3.21. The minimum absolute atomic E-state index is 0.00119. The van der Waals surface area contributed by atoms with Crippen molar-refractivity contribution >= 4 is 24.2 Å². The molecule has 0 saturated heterocycles. The summed E-state index contributed by atoms with van der Waals surface area (Å²) in [6, 6.07) is 1.84. The number of amides is 1. The topological polar surface area (TPSA) is 29.1 Å². The van der Waals surface area contributed by atoms with E-state index in [0.29, 0.717) is 18.2 Å². The Hall–Kier alpha value is -1.24. The van der Waals surface area contributed by atoms with Crippen molar-refractivity contribution in [2.45, 2.75) is 12.6 Å². The summed E-state index contributed by atoms with van der Waals surface area (Å²) >= 11 is 3.78. The second kappa shape index (κ2) is 5.39. The van der Waals surface area contributed by atoms with Crippen molar-refractivity contribution in [2.75, 3.05) is 11.1 Å². The number of thiol groups is 1. The Bertz CT molecular complexity index is 419. The summed E-state index contributed by atoms with van der Waals surface area (Å²) in [4.78, 5) is 11.1. The molecule has 0 saturated carbocycles. The van der Waals surface area contributed by atoms with Gasteiger partial charge in [-0.3, -0.25) is 4.79 Å². The molecule has 0 spiro atoms. The number of rotatable bonds is 3. The molecule has 1 N–H and O–H groups in total. The van der Waals surface area contributed by atoms with Crippen molar-refractivity contribution in [3.05, 3.63) is 29.6 Å². The average Bonchev–Trinajstić information content (AvgIpc) is 2.20. The summed E-state index contributed by atoms with van der Waals surface area (Å²) < 4.78 is 50.2. The maximum atomic E-state index is 13.2. The third-order valence-corrected chi connectivity index (χ3v) is 2.13. The maximum absolute atomic E-state index is 13.2. The van der Waals surface area contributed by atoms with Gasteiger partial charge in [-0.25, -0.2) is 4.39 Å². The van der Waals surface area contributed by atoms with Gasteiger partial charge in [0.15, 0.2) is 0 Å². The summed E-state index contributed by atoms with van der Waals surface area (Å²) in [6.45, 7) is 0. The van der Waals surface area contributed by atoms with Crippen LogP contribution in [0.5, 0.6) is 0 Å². The molecule has 0 aliphatic rings. The van der Waals surface area contributed by atoms with E-state index < -0.39 is 29.2 Å². The number of hydrogen-bond acceptors (Lipinski definition) is 2. The quantitative estimate of drug-likeness (QED) is 0.639. The van der Waals surface area contributed by atoms with Crippen molar-refractivity contribution in [2.24, 2.45) is 0 Å².